The van der Waals surface area contributed by atoms with Crippen LogP contribution in [-0.2, 0) is 9.59 Å². The molecule has 2 aliphatic heterocycles. The molecule has 0 radical (unpaired) electrons. The third-order valence-electron chi connectivity index (χ3n) is 4.88. The molecule has 2 aromatic carbocycles. The highest BCUT2D eigenvalue weighted by atomic mass is 16.2. The minimum absolute atomic E-state index is 0.0512. The fraction of sp³-hybridized carbons (Fsp3) is 0.190. The molecule has 0 saturated carbocycles. The summed E-state index contributed by atoms with van der Waals surface area (Å²) in [6.45, 7) is 4.46. The van der Waals surface area contributed by atoms with Gasteiger partial charge in [-0.3, -0.25) is 19.3 Å². The minimum Gasteiger partial charge on any atom is -0.323 e. The van der Waals surface area contributed by atoms with Crippen molar-refractivity contribution in [3.8, 4) is 0 Å². The third kappa shape index (κ3) is 2.99. The van der Waals surface area contributed by atoms with E-state index in [1.165, 1.54) is 4.90 Å². The number of hydrogen-bond acceptors (Lipinski definition) is 3. The molecule has 0 aromatic heterocycles. The number of amides is 3. The van der Waals surface area contributed by atoms with Crippen molar-refractivity contribution in [2.24, 2.45) is 0 Å². The van der Waals surface area contributed by atoms with Crippen LogP contribution < -0.4 is 10.2 Å². The maximum atomic E-state index is 12.6. The van der Waals surface area contributed by atoms with Gasteiger partial charge in [-0.05, 0) is 24.6 Å². The quantitative estimate of drug-likeness (QED) is 0.910. The first-order valence-electron chi connectivity index (χ1n) is 8.85. The molecule has 0 atom stereocenters. The van der Waals surface area contributed by atoms with Gasteiger partial charge in [0.1, 0.15) is 6.54 Å². The number of carbonyl (C=O) groups excluding carboxylic acids is 3. The molecular weight excluding hydrogens is 342 g/mol. The number of nitrogens with one attached hydrogen (secondary N) is 1. The predicted molar refractivity (Wildman–Crippen MR) is 103 cm³/mol. The number of anilines is 2. The molecule has 3 amide bonds. The van der Waals surface area contributed by atoms with E-state index in [0.717, 1.165) is 12.0 Å². The molecule has 1 saturated heterocycles. The summed E-state index contributed by atoms with van der Waals surface area (Å²) in [5, 5.41) is 2.83. The van der Waals surface area contributed by atoms with Crippen LogP contribution in [0.5, 0.6) is 0 Å². The van der Waals surface area contributed by atoms with Gasteiger partial charge in [-0.15, -0.1) is 0 Å². The predicted octanol–water partition coefficient (Wildman–Crippen LogP) is 2.88. The van der Waals surface area contributed by atoms with Crippen LogP contribution in [-0.4, -0.2) is 35.7 Å². The van der Waals surface area contributed by atoms with Crippen molar-refractivity contribution in [2.45, 2.75) is 12.8 Å². The van der Waals surface area contributed by atoms with Crippen molar-refractivity contribution < 1.29 is 14.4 Å². The summed E-state index contributed by atoms with van der Waals surface area (Å²) in [5.41, 5.74) is 3.07. The lowest BCUT2D eigenvalue weighted by Crippen LogP contribution is -2.33. The van der Waals surface area contributed by atoms with Gasteiger partial charge in [-0.2, -0.15) is 0 Å². The average Bonchev–Trinajstić information content (AvgIpc) is 3.20. The summed E-state index contributed by atoms with van der Waals surface area (Å²) in [7, 11) is 0. The van der Waals surface area contributed by atoms with E-state index in [4.69, 9.17) is 0 Å². The van der Waals surface area contributed by atoms with Crippen molar-refractivity contribution in [2.75, 3.05) is 23.3 Å². The highest BCUT2D eigenvalue weighted by Gasteiger charge is 2.32. The topological polar surface area (TPSA) is 69.7 Å². The zero-order chi connectivity index (χ0) is 19.0. The van der Waals surface area contributed by atoms with Crippen molar-refractivity contribution >= 4 is 34.8 Å². The Morgan fingerprint density at radius 2 is 1.74 bits per heavy atom. The monoisotopic (exact) mass is 361 g/mol. The Kier molecular flexibility index (Phi) is 4.24. The van der Waals surface area contributed by atoms with Crippen LogP contribution in [0.15, 0.2) is 55.1 Å². The van der Waals surface area contributed by atoms with Gasteiger partial charge >= 0.3 is 0 Å². The average molecular weight is 361 g/mol. The van der Waals surface area contributed by atoms with Crippen LogP contribution in [0.1, 0.15) is 28.8 Å². The first-order chi connectivity index (χ1) is 13.1. The van der Waals surface area contributed by atoms with Crippen LogP contribution in [0, 0.1) is 0 Å². The normalized spacial score (nSPS) is 16.1. The van der Waals surface area contributed by atoms with Crippen molar-refractivity contribution in [3.63, 3.8) is 0 Å². The van der Waals surface area contributed by atoms with E-state index in [0.29, 0.717) is 35.6 Å². The summed E-state index contributed by atoms with van der Waals surface area (Å²) in [5.74, 6) is -0.514. The molecule has 6 nitrogen and oxygen atoms in total. The van der Waals surface area contributed by atoms with Crippen molar-refractivity contribution in [1.82, 2.24) is 4.90 Å². The standard InChI is InChI=1S/C21H19N3O3/c1-14-15-7-2-3-8-16(15)21(27)24(14)13-19(25)22-17-9-4-5-10-18(17)23-12-6-11-20(23)26/h2-5,7-10H,1,6,11-13H2,(H,22,25). The van der Waals surface area contributed by atoms with Gasteiger partial charge in [0.25, 0.3) is 5.91 Å². The van der Waals surface area contributed by atoms with E-state index in [9.17, 15) is 14.4 Å². The molecule has 27 heavy (non-hydrogen) atoms. The van der Waals surface area contributed by atoms with Crippen LogP contribution >= 0.6 is 0 Å². The number of benzene rings is 2. The zero-order valence-electron chi connectivity index (χ0n) is 14.8. The third-order valence-corrected chi connectivity index (χ3v) is 4.88. The van der Waals surface area contributed by atoms with E-state index in [1.54, 1.807) is 29.2 Å². The molecule has 2 aromatic rings. The van der Waals surface area contributed by atoms with E-state index < -0.39 is 0 Å². The Morgan fingerprint density at radius 3 is 2.44 bits per heavy atom. The molecule has 0 aliphatic carbocycles. The molecule has 0 unspecified atom stereocenters. The van der Waals surface area contributed by atoms with Gasteiger partial charge in [-0.25, -0.2) is 0 Å². The summed E-state index contributed by atoms with van der Waals surface area (Å²) >= 11 is 0. The van der Waals surface area contributed by atoms with Crippen LogP contribution in [0.4, 0.5) is 11.4 Å². The fourth-order valence-corrected chi connectivity index (χ4v) is 3.55. The molecule has 6 heteroatoms. The SMILES string of the molecule is C=C1c2ccccc2C(=O)N1CC(=O)Nc1ccccc1N1CCCC1=O. The number of nitrogens with zero attached hydrogens (tertiary/aromatic N) is 2. The second-order valence-corrected chi connectivity index (χ2v) is 6.60. The largest absolute Gasteiger partial charge is 0.323 e. The highest BCUT2D eigenvalue weighted by Crippen LogP contribution is 2.32. The zero-order valence-corrected chi connectivity index (χ0v) is 14.8. The molecule has 2 heterocycles. The number of rotatable bonds is 4. The van der Waals surface area contributed by atoms with E-state index in [-0.39, 0.29) is 24.3 Å². The summed E-state index contributed by atoms with van der Waals surface area (Å²) in [4.78, 5) is 40.3. The van der Waals surface area contributed by atoms with Gasteiger partial charge < -0.3 is 10.2 Å². The number of carbonyl (C=O) groups is 3. The summed E-state index contributed by atoms with van der Waals surface area (Å²) in [6.07, 6.45) is 1.32. The molecule has 1 fully saturated rings. The fourth-order valence-electron chi connectivity index (χ4n) is 3.55. The molecular formula is C21H19N3O3. The first-order valence-corrected chi connectivity index (χ1v) is 8.85. The molecule has 1 N–H and O–H groups in total. The van der Waals surface area contributed by atoms with Crippen LogP contribution in [0.2, 0.25) is 0 Å². The maximum Gasteiger partial charge on any atom is 0.259 e. The van der Waals surface area contributed by atoms with Crippen LogP contribution in [0.25, 0.3) is 5.70 Å². The number of para-hydroxylation sites is 2. The summed E-state index contributed by atoms with van der Waals surface area (Å²) in [6, 6.07) is 14.4. The van der Waals surface area contributed by atoms with Crippen molar-refractivity contribution in [1.29, 1.82) is 0 Å². The Labute approximate surface area is 157 Å². The van der Waals surface area contributed by atoms with E-state index >= 15 is 0 Å². The van der Waals surface area contributed by atoms with E-state index in [2.05, 4.69) is 11.9 Å². The maximum absolute atomic E-state index is 12.6. The highest BCUT2D eigenvalue weighted by molar-refractivity contribution is 6.11. The Balaban J connectivity index is 1.51. The smallest absolute Gasteiger partial charge is 0.259 e. The number of hydrogen-bond donors (Lipinski definition) is 1. The van der Waals surface area contributed by atoms with Gasteiger partial charge in [0.2, 0.25) is 11.8 Å². The second-order valence-electron chi connectivity index (χ2n) is 6.60. The van der Waals surface area contributed by atoms with Gasteiger partial charge in [-0.1, -0.05) is 36.9 Å². The lowest BCUT2D eigenvalue weighted by Gasteiger charge is -2.21. The lowest BCUT2D eigenvalue weighted by molar-refractivity contribution is -0.117. The Hall–Kier alpha value is -3.41. The molecule has 136 valence electrons. The summed E-state index contributed by atoms with van der Waals surface area (Å²) < 4.78 is 0. The first kappa shape index (κ1) is 17.0. The molecule has 0 bridgehead atoms. The minimum atomic E-state index is -0.337. The van der Waals surface area contributed by atoms with Crippen LogP contribution in [0.3, 0.4) is 0 Å². The Morgan fingerprint density at radius 1 is 1.04 bits per heavy atom. The lowest BCUT2D eigenvalue weighted by atomic mass is 10.1. The second kappa shape index (κ2) is 6.72. The molecule has 2 aliphatic rings. The molecule has 4 rings (SSSR count). The van der Waals surface area contributed by atoms with Gasteiger partial charge in [0.15, 0.2) is 0 Å². The van der Waals surface area contributed by atoms with Gasteiger partial charge in [0, 0.05) is 29.8 Å². The van der Waals surface area contributed by atoms with E-state index in [1.807, 2.05) is 24.3 Å². The van der Waals surface area contributed by atoms with Crippen molar-refractivity contribution in [3.05, 3.63) is 66.2 Å². The molecule has 0 spiro atoms. The Bertz CT molecular complexity index is 932. The van der Waals surface area contributed by atoms with Gasteiger partial charge in [0.05, 0.1) is 11.4 Å². The number of fused-ring (bicyclic) bond motifs is 1.